The largest absolute Gasteiger partial charge is 0.356 e. The van der Waals surface area contributed by atoms with Crippen molar-refractivity contribution in [3.05, 3.63) is 41.8 Å². The molecule has 0 amide bonds. The first-order valence-corrected chi connectivity index (χ1v) is 8.07. The van der Waals surface area contributed by atoms with E-state index >= 15 is 0 Å². The Bertz CT molecular complexity index is 707. The minimum Gasteiger partial charge on any atom is -0.356 e. The Balaban J connectivity index is 1.99. The molecule has 1 saturated heterocycles. The van der Waals surface area contributed by atoms with Gasteiger partial charge in [0.15, 0.2) is 5.82 Å². The van der Waals surface area contributed by atoms with Crippen molar-refractivity contribution in [1.82, 2.24) is 9.97 Å². The van der Waals surface area contributed by atoms with Gasteiger partial charge in [-0.15, -0.1) is 0 Å². The molecular weight excluding hydrogens is 293 g/mol. The Morgan fingerprint density at radius 1 is 1.17 bits per heavy atom. The summed E-state index contributed by atoms with van der Waals surface area (Å²) in [6.45, 7) is 3.42. The summed E-state index contributed by atoms with van der Waals surface area (Å²) in [4.78, 5) is 22.6. The van der Waals surface area contributed by atoms with E-state index in [1.807, 2.05) is 6.07 Å². The Hall–Kier alpha value is -2.30. The summed E-state index contributed by atoms with van der Waals surface area (Å²) in [7, 11) is 0. The molecule has 2 heterocycles. The van der Waals surface area contributed by atoms with Crippen LogP contribution in [0.2, 0.25) is 0 Å². The molecule has 0 bridgehead atoms. The van der Waals surface area contributed by atoms with Crippen LogP contribution in [0.3, 0.4) is 0 Å². The third kappa shape index (κ3) is 3.55. The molecule has 0 N–H and O–H groups in total. The Morgan fingerprint density at radius 3 is 2.61 bits per heavy atom. The smallest absolute Gasteiger partial charge is 0.164 e. The third-order valence-corrected chi connectivity index (χ3v) is 4.03. The minimum absolute atomic E-state index is 0.290. The third-order valence-electron chi connectivity index (χ3n) is 4.03. The van der Waals surface area contributed by atoms with Gasteiger partial charge in [-0.2, -0.15) is 0 Å². The van der Waals surface area contributed by atoms with Gasteiger partial charge < -0.3 is 4.90 Å². The second kappa shape index (κ2) is 6.86. The predicted molar refractivity (Wildman–Crippen MR) is 87.9 cm³/mol. The summed E-state index contributed by atoms with van der Waals surface area (Å²) < 4.78 is 14.1. The van der Waals surface area contributed by atoms with E-state index in [1.54, 1.807) is 18.2 Å². The van der Waals surface area contributed by atoms with Gasteiger partial charge in [0.05, 0.1) is 5.56 Å². The van der Waals surface area contributed by atoms with Crippen LogP contribution in [-0.2, 0) is 11.2 Å². The number of hydrogen-bond donors (Lipinski definition) is 0. The quantitative estimate of drug-likeness (QED) is 0.868. The summed E-state index contributed by atoms with van der Waals surface area (Å²) in [5.41, 5.74) is 1.33. The van der Waals surface area contributed by atoms with Gasteiger partial charge in [0.2, 0.25) is 0 Å². The lowest BCUT2D eigenvalue weighted by Gasteiger charge is -2.27. The lowest BCUT2D eigenvalue weighted by molar-refractivity contribution is -0.119. The summed E-state index contributed by atoms with van der Waals surface area (Å²) in [5.74, 6) is 1.18. The molecule has 1 aliphatic rings. The lowest BCUT2D eigenvalue weighted by Crippen LogP contribution is -2.34. The molecule has 120 valence electrons. The highest BCUT2D eigenvalue weighted by molar-refractivity contribution is 5.80. The summed E-state index contributed by atoms with van der Waals surface area (Å²) in [6, 6.07) is 8.53. The molecule has 1 fully saturated rings. The van der Waals surface area contributed by atoms with Crippen LogP contribution < -0.4 is 4.90 Å². The normalized spacial score (nSPS) is 15.0. The first-order valence-electron chi connectivity index (χ1n) is 8.07. The molecule has 3 rings (SSSR count). The monoisotopic (exact) mass is 313 g/mol. The maximum absolute atomic E-state index is 14.1. The molecule has 0 spiro atoms. The number of nitrogens with zero attached hydrogens (tertiary/aromatic N) is 3. The number of piperidine rings is 1. The van der Waals surface area contributed by atoms with Crippen molar-refractivity contribution in [3.8, 4) is 11.4 Å². The Labute approximate surface area is 135 Å². The van der Waals surface area contributed by atoms with Crippen LogP contribution in [0, 0.1) is 5.82 Å². The van der Waals surface area contributed by atoms with E-state index in [4.69, 9.17) is 0 Å². The fourth-order valence-corrected chi connectivity index (χ4v) is 2.78. The van der Waals surface area contributed by atoms with Crippen molar-refractivity contribution in [2.75, 3.05) is 18.0 Å². The zero-order valence-electron chi connectivity index (χ0n) is 13.3. The number of aromatic nitrogens is 2. The number of Topliss-reactive ketones (excluding diaryl/α,β-unsaturated/α-hetero) is 1. The van der Waals surface area contributed by atoms with Crippen molar-refractivity contribution in [1.29, 1.82) is 0 Å². The van der Waals surface area contributed by atoms with Gasteiger partial charge in [0.25, 0.3) is 0 Å². The molecule has 0 atom stereocenters. The van der Waals surface area contributed by atoms with Gasteiger partial charge in [0.1, 0.15) is 17.4 Å². The summed E-state index contributed by atoms with van der Waals surface area (Å²) in [6.07, 6.45) is 2.87. The van der Waals surface area contributed by atoms with E-state index < -0.39 is 0 Å². The molecule has 4 nitrogen and oxygen atoms in total. The molecule has 5 heteroatoms. The number of halogens is 1. The fourth-order valence-electron chi connectivity index (χ4n) is 2.78. The van der Waals surface area contributed by atoms with E-state index in [0.717, 1.165) is 24.4 Å². The second-order valence-corrected chi connectivity index (χ2v) is 5.80. The number of benzene rings is 1. The van der Waals surface area contributed by atoms with Crippen molar-refractivity contribution < 1.29 is 9.18 Å². The predicted octanol–water partition coefficient (Wildman–Crippen LogP) is 3.40. The van der Waals surface area contributed by atoms with Gasteiger partial charge in [-0.25, -0.2) is 14.4 Å². The Kier molecular flexibility index (Phi) is 4.65. The number of rotatable bonds is 4. The molecule has 0 unspecified atom stereocenters. The number of anilines is 1. The van der Waals surface area contributed by atoms with E-state index in [9.17, 15) is 9.18 Å². The van der Waals surface area contributed by atoms with Gasteiger partial charge in [-0.3, -0.25) is 4.79 Å². The topological polar surface area (TPSA) is 46.1 Å². The highest BCUT2D eigenvalue weighted by atomic mass is 19.1. The second-order valence-electron chi connectivity index (χ2n) is 5.80. The first kappa shape index (κ1) is 15.6. The molecule has 23 heavy (non-hydrogen) atoms. The maximum Gasteiger partial charge on any atom is 0.164 e. The fraction of sp³-hybridized carbons (Fsp3) is 0.389. The van der Waals surface area contributed by atoms with Crippen LogP contribution in [-0.4, -0.2) is 28.8 Å². The zero-order valence-corrected chi connectivity index (χ0v) is 13.3. The maximum atomic E-state index is 14.1. The van der Waals surface area contributed by atoms with Crippen LogP contribution in [0.25, 0.3) is 11.4 Å². The average Bonchev–Trinajstić information content (AvgIpc) is 2.56. The number of ketones is 1. The van der Waals surface area contributed by atoms with Crippen LogP contribution in [0.4, 0.5) is 10.2 Å². The number of hydrogen-bond acceptors (Lipinski definition) is 4. The van der Waals surface area contributed by atoms with E-state index in [-0.39, 0.29) is 5.82 Å². The number of aryl methyl sites for hydroxylation is 1. The van der Waals surface area contributed by atoms with E-state index in [2.05, 4.69) is 21.8 Å². The number of carbonyl (C=O) groups is 1. The first-order chi connectivity index (χ1) is 11.2. The van der Waals surface area contributed by atoms with Crippen molar-refractivity contribution >= 4 is 11.6 Å². The molecule has 0 saturated carbocycles. The van der Waals surface area contributed by atoms with Crippen molar-refractivity contribution in [3.63, 3.8) is 0 Å². The SMILES string of the molecule is CCCc1cc(N2CCC(=O)CC2)nc(-c2ccccc2F)n1. The van der Waals surface area contributed by atoms with E-state index in [1.165, 1.54) is 6.07 Å². The molecule has 0 aliphatic carbocycles. The van der Waals surface area contributed by atoms with Crippen molar-refractivity contribution in [2.24, 2.45) is 0 Å². The van der Waals surface area contributed by atoms with Crippen molar-refractivity contribution in [2.45, 2.75) is 32.6 Å². The van der Waals surface area contributed by atoms with Crippen LogP contribution in [0.1, 0.15) is 31.9 Å². The van der Waals surface area contributed by atoms with Crippen LogP contribution in [0.5, 0.6) is 0 Å². The zero-order chi connectivity index (χ0) is 16.2. The van der Waals surface area contributed by atoms with Gasteiger partial charge in [0, 0.05) is 37.7 Å². The van der Waals surface area contributed by atoms with Gasteiger partial charge in [-0.05, 0) is 18.6 Å². The summed E-state index contributed by atoms with van der Waals surface area (Å²) >= 11 is 0. The van der Waals surface area contributed by atoms with Gasteiger partial charge in [-0.1, -0.05) is 25.5 Å². The molecule has 1 aromatic heterocycles. The average molecular weight is 313 g/mol. The molecule has 1 aromatic carbocycles. The lowest BCUT2D eigenvalue weighted by atomic mass is 10.1. The highest BCUT2D eigenvalue weighted by Gasteiger charge is 2.19. The molecule has 0 radical (unpaired) electrons. The standard InChI is InChI=1S/C18H20FN3O/c1-2-5-13-12-17(22-10-8-14(23)9-11-22)21-18(20-13)15-6-3-4-7-16(15)19/h3-4,6-7,12H,2,5,8-11H2,1H3. The molecule has 1 aliphatic heterocycles. The number of carbonyl (C=O) groups excluding carboxylic acids is 1. The molecule has 2 aromatic rings. The molecular formula is C18H20FN3O. The van der Waals surface area contributed by atoms with Gasteiger partial charge >= 0.3 is 0 Å². The minimum atomic E-state index is -0.319. The van der Waals surface area contributed by atoms with E-state index in [0.29, 0.717) is 43.1 Å². The highest BCUT2D eigenvalue weighted by Crippen LogP contribution is 2.24. The van der Waals surface area contributed by atoms with Crippen LogP contribution >= 0.6 is 0 Å². The Morgan fingerprint density at radius 2 is 1.91 bits per heavy atom. The van der Waals surface area contributed by atoms with Crippen LogP contribution in [0.15, 0.2) is 30.3 Å². The summed E-state index contributed by atoms with van der Waals surface area (Å²) in [5, 5.41) is 0.